The maximum atomic E-state index is 13.7. The highest BCUT2D eigenvalue weighted by Gasteiger charge is 2.16. The average Bonchev–Trinajstić information content (AvgIpc) is 2.74. The standard InChI is InChI=1S/C14H16ClFN2O/c1-3-11-8-13(18(2)17-11)14(19)6-9-4-5-10(15)7-12(9)16/h4-5,7-8,14,19H,3,6H2,1-2H3. The number of aromatic nitrogens is 2. The van der Waals surface area contributed by atoms with Crippen LogP contribution in [0.2, 0.25) is 5.02 Å². The van der Waals surface area contributed by atoms with Crippen molar-refractivity contribution in [2.75, 3.05) is 0 Å². The Morgan fingerprint density at radius 2 is 2.16 bits per heavy atom. The fourth-order valence-electron chi connectivity index (χ4n) is 2.03. The molecule has 0 saturated carbocycles. The Morgan fingerprint density at radius 1 is 1.42 bits per heavy atom. The van der Waals surface area contributed by atoms with E-state index in [2.05, 4.69) is 5.10 Å². The molecule has 2 aromatic rings. The van der Waals surface area contributed by atoms with E-state index in [0.29, 0.717) is 16.3 Å². The van der Waals surface area contributed by atoms with Crippen molar-refractivity contribution >= 4 is 11.6 Å². The maximum Gasteiger partial charge on any atom is 0.127 e. The van der Waals surface area contributed by atoms with Crippen molar-refractivity contribution in [1.82, 2.24) is 9.78 Å². The third-order valence-electron chi connectivity index (χ3n) is 3.10. The van der Waals surface area contributed by atoms with Crippen molar-refractivity contribution in [3.05, 3.63) is 52.1 Å². The number of hydrogen-bond donors (Lipinski definition) is 1. The number of aliphatic hydroxyl groups excluding tert-OH is 1. The zero-order valence-corrected chi connectivity index (χ0v) is 11.7. The molecule has 0 saturated heterocycles. The van der Waals surface area contributed by atoms with Gasteiger partial charge in [0, 0.05) is 18.5 Å². The van der Waals surface area contributed by atoms with Crippen LogP contribution in [0.15, 0.2) is 24.3 Å². The number of hydrogen-bond acceptors (Lipinski definition) is 2. The molecule has 19 heavy (non-hydrogen) atoms. The van der Waals surface area contributed by atoms with Gasteiger partial charge >= 0.3 is 0 Å². The highest BCUT2D eigenvalue weighted by Crippen LogP contribution is 2.22. The molecule has 0 aliphatic heterocycles. The lowest BCUT2D eigenvalue weighted by Crippen LogP contribution is -2.08. The predicted molar refractivity (Wildman–Crippen MR) is 72.7 cm³/mol. The second-order valence-corrected chi connectivity index (χ2v) is 4.93. The van der Waals surface area contributed by atoms with Gasteiger partial charge < -0.3 is 5.11 Å². The summed E-state index contributed by atoms with van der Waals surface area (Å²) in [5.74, 6) is -0.399. The highest BCUT2D eigenvalue weighted by molar-refractivity contribution is 6.30. The van der Waals surface area contributed by atoms with Crippen molar-refractivity contribution in [1.29, 1.82) is 0 Å². The van der Waals surface area contributed by atoms with E-state index >= 15 is 0 Å². The Kier molecular flexibility index (Phi) is 4.22. The first-order valence-corrected chi connectivity index (χ1v) is 6.54. The molecule has 1 unspecified atom stereocenters. The minimum Gasteiger partial charge on any atom is -0.386 e. The maximum absolute atomic E-state index is 13.7. The van der Waals surface area contributed by atoms with Gasteiger partial charge in [-0.25, -0.2) is 4.39 Å². The molecule has 0 aliphatic rings. The summed E-state index contributed by atoms with van der Waals surface area (Å²) in [6.45, 7) is 2.00. The van der Waals surface area contributed by atoms with E-state index in [-0.39, 0.29) is 6.42 Å². The van der Waals surface area contributed by atoms with Crippen molar-refractivity contribution in [2.24, 2.45) is 7.05 Å². The molecule has 2 rings (SSSR count). The van der Waals surface area contributed by atoms with Gasteiger partial charge in [-0.05, 0) is 30.2 Å². The lowest BCUT2D eigenvalue weighted by atomic mass is 10.0. The van der Waals surface area contributed by atoms with Gasteiger partial charge in [0.25, 0.3) is 0 Å². The van der Waals surface area contributed by atoms with Crippen LogP contribution in [0.4, 0.5) is 4.39 Å². The van der Waals surface area contributed by atoms with Gasteiger partial charge in [-0.2, -0.15) is 5.10 Å². The first-order valence-electron chi connectivity index (χ1n) is 6.16. The largest absolute Gasteiger partial charge is 0.386 e. The zero-order valence-electron chi connectivity index (χ0n) is 10.9. The van der Waals surface area contributed by atoms with Gasteiger partial charge in [0.05, 0.1) is 17.5 Å². The number of aliphatic hydroxyl groups is 1. The molecule has 1 N–H and O–H groups in total. The monoisotopic (exact) mass is 282 g/mol. The van der Waals surface area contributed by atoms with Gasteiger partial charge in [-0.3, -0.25) is 4.68 Å². The van der Waals surface area contributed by atoms with Crippen LogP contribution in [-0.2, 0) is 19.9 Å². The summed E-state index contributed by atoms with van der Waals surface area (Å²) in [6, 6.07) is 6.31. The van der Waals surface area contributed by atoms with Gasteiger partial charge in [0.15, 0.2) is 0 Å². The average molecular weight is 283 g/mol. The summed E-state index contributed by atoms with van der Waals surface area (Å²) < 4.78 is 15.3. The van der Waals surface area contributed by atoms with Crippen LogP contribution in [0.25, 0.3) is 0 Å². The van der Waals surface area contributed by atoms with E-state index in [0.717, 1.165) is 12.1 Å². The van der Waals surface area contributed by atoms with Crippen LogP contribution in [0, 0.1) is 5.82 Å². The molecule has 0 radical (unpaired) electrons. The molecular weight excluding hydrogens is 267 g/mol. The molecule has 0 bridgehead atoms. The van der Waals surface area contributed by atoms with Crippen LogP contribution in [-0.4, -0.2) is 14.9 Å². The van der Waals surface area contributed by atoms with E-state index in [1.165, 1.54) is 6.07 Å². The van der Waals surface area contributed by atoms with E-state index < -0.39 is 11.9 Å². The van der Waals surface area contributed by atoms with E-state index in [4.69, 9.17) is 11.6 Å². The molecule has 1 aromatic carbocycles. The number of aryl methyl sites for hydroxylation is 2. The quantitative estimate of drug-likeness (QED) is 0.936. The summed E-state index contributed by atoms with van der Waals surface area (Å²) in [5, 5.41) is 14.8. The molecule has 0 fully saturated rings. The van der Waals surface area contributed by atoms with Crippen LogP contribution < -0.4 is 0 Å². The Morgan fingerprint density at radius 3 is 2.74 bits per heavy atom. The van der Waals surface area contributed by atoms with Crippen LogP contribution in [0.3, 0.4) is 0 Å². The Balaban J connectivity index is 2.20. The molecule has 0 amide bonds. The molecule has 102 valence electrons. The Bertz CT molecular complexity index is 583. The van der Waals surface area contributed by atoms with Crippen molar-refractivity contribution in [3.8, 4) is 0 Å². The van der Waals surface area contributed by atoms with Gasteiger partial charge in [-0.1, -0.05) is 24.6 Å². The van der Waals surface area contributed by atoms with Crippen LogP contribution in [0.1, 0.15) is 30.0 Å². The van der Waals surface area contributed by atoms with E-state index in [9.17, 15) is 9.50 Å². The molecule has 0 aliphatic carbocycles. The molecule has 5 heteroatoms. The minimum atomic E-state index is -0.784. The third kappa shape index (κ3) is 3.14. The topological polar surface area (TPSA) is 38.0 Å². The predicted octanol–water partition coefficient (Wildman–Crippen LogP) is 3.05. The molecule has 1 atom stereocenters. The molecule has 0 spiro atoms. The van der Waals surface area contributed by atoms with E-state index in [1.54, 1.807) is 23.9 Å². The number of nitrogens with zero attached hydrogens (tertiary/aromatic N) is 2. The first kappa shape index (κ1) is 14.0. The zero-order chi connectivity index (χ0) is 14.0. The van der Waals surface area contributed by atoms with Gasteiger partial charge in [0.2, 0.25) is 0 Å². The number of rotatable bonds is 4. The molecule has 3 nitrogen and oxygen atoms in total. The van der Waals surface area contributed by atoms with Gasteiger partial charge in [-0.15, -0.1) is 0 Å². The summed E-state index contributed by atoms with van der Waals surface area (Å²) in [5.41, 5.74) is 2.04. The highest BCUT2D eigenvalue weighted by atomic mass is 35.5. The summed E-state index contributed by atoms with van der Waals surface area (Å²) >= 11 is 5.70. The second-order valence-electron chi connectivity index (χ2n) is 4.49. The van der Waals surface area contributed by atoms with Crippen molar-refractivity contribution in [3.63, 3.8) is 0 Å². The van der Waals surface area contributed by atoms with Crippen molar-refractivity contribution in [2.45, 2.75) is 25.9 Å². The SMILES string of the molecule is CCc1cc(C(O)Cc2ccc(Cl)cc2F)n(C)n1. The fraction of sp³-hybridized carbons (Fsp3) is 0.357. The summed E-state index contributed by atoms with van der Waals surface area (Å²) in [4.78, 5) is 0. The Hall–Kier alpha value is -1.39. The van der Waals surface area contributed by atoms with Crippen LogP contribution >= 0.6 is 11.6 Å². The minimum absolute atomic E-state index is 0.200. The summed E-state index contributed by atoms with van der Waals surface area (Å²) in [7, 11) is 1.77. The fourth-order valence-corrected chi connectivity index (χ4v) is 2.19. The van der Waals surface area contributed by atoms with Crippen molar-refractivity contribution < 1.29 is 9.50 Å². The number of halogens is 2. The van der Waals surface area contributed by atoms with E-state index in [1.807, 2.05) is 13.0 Å². The van der Waals surface area contributed by atoms with Crippen LogP contribution in [0.5, 0.6) is 0 Å². The lowest BCUT2D eigenvalue weighted by molar-refractivity contribution is 0.167. The molecule has 1 heterocycles. The lowest BCUT2D eigenvalue weighted by Gasteiger charge is -2.11. The second kappa shape index (κ2) is 5.72. The normalized spacial score (nSPS) is 12.7. The number of benzene rings is 1. The first-order chi connectivity index (χ1) is 9.01. The van der Waals surface area contributed by atoms with Gasteiger partial charge in [0.1, 0.15) is 5.82 Å². The molecule has 1 aromatic heterocycles. The Labute approximate surface area is 116 Å². The third-order valence-corrected chi connectivity index (χ3v) is 3.33. The summed E-state index contributed by atoms with van der Waals surface area (Å²) in [6.07, 6.45) is 0.218. The smallest absolute Gasteiger partial charge is 0.127 e. The molecular formula is C14H16ClFN2O.